The van der Waals surface area contributed by atoms with Gasteiger partial charge in [-0.1, -0.05) is 12.1 Å². The van der Waals surface area contributed by atoms with Crippen molar-refractivity contribution in [3.8, 4) is 5.75 Å². The minimum Gasteiger partial charge on any atom is -0.508 e. The van der Waals surface area contributed by atoms with Gasteiger partial charge in [0.15, 0.2) is 0 Å². The third kappa shape index (κ3) is 3.51. The van der Waals surface area contributed by atoms with E-state index in [1.165, 1.54) is 0 Å². The van der Waals surface area contributed by atoms with Gasteiger partial charge in [0.05, 0.1) is 12.0 Å². The first-order chi connectivity index (χ1) is 11.1. The summed E-state index contributed by atoms with van der Waals surface area (Å²) in [6.07, 6.45) is 3.05. The summed E-state index contributed by atoms with van der Waals surface area (Å²) < 4.78 is 5.35. The first-order valence-corrected chi connectivity index (χ1v) is 8.39. The number of aliphatic hydroxyl groups is 1. The molecule has 2 fully saturated rings. The van der Waals surface area contributed by atoms with Gasteiger partial charge in [-0.25, -0.2) is 0 Å². The Morgan fingerprint density at radius 1 is 1.35 bits per heavy atom. The Bertz CT molecular complexity index is 554. The summed E-state index contributed by atoms with van der Waals surface area (Å²) in [5.41, 5.74) is 0.463. The van der Waals surface area contributed by atoms with Crippen LogP contribution in [0.25, 0.3) is 0 Å². The maximum absolute atomic E-state index is 12.9. The van der Waals surface area contributed by atoms with Crippen LogP contribution in [0.5, 0.6) is 5.75 Å². The predicted octanol–water partition coefficient (Wildman–Crippen LogP) is 1.57. The highest BCUT2D eigenvalue weighted by Crippen LogP contribution is 2.34. The molecule has 2 N–H and O–H groups in total. The van der Waals surface area contributed by atoms with Crippen molar-refractivity contribution in [2.45, 2.75) is 25.7 Å². The number of aromatic hydroxyl groups is 1. The van der Waals surface area contributed by atoms with Crippen LogP contribution in [-0.4, -0.2) is 53.9 Å². The van der Waals surface area contributed by atoms with Gasteiger partial charge in [0.2, 0.25) is 5.91 Å². The number of ether oxygens (including phenoxy) is 1. The number of amides is 1. The van der Waals surface area contributed by atoms with E-state index in [1.807, 2.05) is 17.0 Å². The summed E-state index contributed by atoms with van der Waals surface area (Å²) in [6.45, 7) is 2.49. The van der Waals surface area contributed by atoms with Crippen LogP contribution in [0.3, 0.4) is 0 Å². The summed E-state index contributed by atoms with van der Waals surface area (Å²) in [5.74, 6) is 0.785. The summed E-state index contributed by atoms with van der Waals surface area (Å²) in [4.78, 5) is 14.8. The lowest BCUT2D eigenvalue weighted by atomic mass is 9.79. The lowest BCUT2D eigenvalue weighted by molar-refractivity contribution is -0.150. The fourth-order valence-electron chi connectivity index (χ4n) is 3.74. The molecule has 5 heteroatoms. The van der Waals surface area contributed by atoms with E-state index in [0.717, 1.165) is 31.5 Å². The Morgan fingerprint density at radius 2 is 2.13 bits per heavy atom. The molecule has 0 spiro atoms. The minimum atomic E-state index is -0.641. The molecule has 0 radical (unpaired) electrons. The molecule has 1 aromatic carbocycles. The average Bonchev–Trinajstić information content (AvgIpc) is 3.03. The number of phenolic OH excluding ortho intramolecular Hbond substituents is 1. The Labute approximate surface area is 136 Å². The number of hydrogen-bond acceptors (Lipinski definition) is 4. The van der Waals surface area contributed by atoms with E-state index in [-0.39, 0.29) is 18.3 Å². The Kier molecular flexibility index (Phi) is 4.87. The molecule has 0 bridgehead atoms. The molecular weight excluding hydrogens is 294 g/mol. The molecular formula is C18H25NO4. The van der Waals surface area contributed by atoms with Crippen LogP contribution >= 0.6 is 0 Å². The Balaban J connectivity index is 1.61. The lowest BCUT2D eigenvalue weighted by Crippen LogP contribution is -2.48. The summed E-state index contributed by atoms with van der Waals surface area (Å²) in [5, 5.41) is 19.3. The number of phenols is 1. The van der Waals surface area contributed by atoms with Gasteiger partial charge < -0.3 is 19.8 Å². The summed E-state index contributed by atoms with van der Waals surface area (Å²) in [7, 11) is 0. The molecule has 1 amide bonds. The first-order valence-electron chi connectivity index (χ1n) is 8.39. The van der Waals surface area contributed by atoms with Crippen LogP contribution in [0, 0.1) is 11.3 Å². The van der Waals surface area contributed by atoms with Gasteiger partial charge in [0, 0.05) is 26.3 Å². The van der Waals surface area contributed by atoms with Crippen molar-refractivity contribution < 1.29 is 19.7 Å². The van der Waals surface area contributed by atoms with Crippen molar-refractivity contribution in [3.05, 3.63) is 29.8 Å². The predicted molar refractivity (Wildman–Crippen MR) is 86.1 cm³/mol. The topological polar surface area (TPSA) is 70.0 Å². The molecule has 0 aromatic heterocycles. The van der Waals surface area contributed by atoms with Gasteiger partial charge in [0.1, 0.15) is 5.75 Å². The van der Waals surface area contributed by atoms with Crippen molar-refractivity contribution in [1.82, 2.24) is 4.90 Å². The number of nitrogens with zero attached hydrogens (tertiary/aromatic N) is 1. The SMILES string of the molecule is O=C(N1CCC(Cc2cccc(O)c2)C1)C1(CO)CCOCC1. The fourth-order valence-corrected chi connectivity index (χ4v) is 3.74. The monoisotopic (exact) mass is 319 g/mol. The normalized spacial score (nSPS) is 23.9. The van der Waals surface area contributed by atoms with E-state index >= 15 is 0 Å². The molecule has 5 nitrogen and oxygen atoms in total. The number of likely N-dealkylation sites (tertiary alicyclic amines) is 1. The van der Waals surface area contributed by atoms with E-state index in [0.29, 0.717) is 32.0 Å². The molecule has 2 saturated heterocycles. The molecule has 2 heterocycles. The van der Waals surface area contributed by atoms with Gasteiger partial charge in [-0.2, -0.15) is 0 Å². The number of carbonyl (C=O) groups is 1. The molecule has 0 aliphatic carbocycles. The number of rotatable bonds is 4. The first kappa shape index (κ1) is 16.3. The molecule has 3 rings (SSSR count). The van der Waals surface area contributed by atoms with Gasteiger partial charge in [0.25, 0.3) is 0 Å². The Morgan fingerprint density at radius 3 is 2.83 bits per heavy atom. The second-order valence-corrected chi connectivity index (χ2v) is 6.83. The smallest absolute Gasteiger partial charge is 0.231 e. The highest BCUT2D eigenvalue weighted by atomic mass is 16.5. The third-order valence-electron chi connectivity index (χ3n) is 5.21. The minimum absolute atomic E-state index is 0.0849. The van der Waals surface area contributed by atoms with Crippen LogP contribution in [0.2, 0.25) is 0 Å². The van der Waals surface area contributed by atoms with Crippen LogP contribution < -0.4 is 0 Å². The average molecular weight is 319 g/mol. The van der Waals surface area contributed by atoms with Crippen LogP contribution in [0.4, 0.5) is 0 Å². The molecule has 2 aliphatic heterocycles. The summed E-state index contributed by atoms with van der Waals surface area (Å²) >= 11 is 0. The van der Waals surface area contributed by atoms with Crippen LogP contribution in [0.1, 0.15) is 24.8 Å². The molecule has 2 aliphatic rings. The zero-order valence-corrected chi connectivity index (χ0v) is 13.4. The van der Waals surface area contributed by atoms with Gasteiger partial charge in [-0.05, 0) is 49.3 Å². The van der Waals surface area contributed by atoms with E-state index in [2.05, 4.69) is 0 Å². The molecule has 126 valence electrons. The lowest BCUT2D eigenvalue weighted by Gasteiger charge is -2.37. The Hall–Kier alpha value is -1.59. The van der Waals surface area contributed by atoms with E-state index in [1.54, 1.807) is 12.1 Å². The summed E-state index contributed by atoms with van der Waals surface area (Å²) in [6, 6.07) is 7.32. The van der Waals surface area contributed by atoms with Crippen LogP contribution in [-0.2, 0) is 16.0 Å². The van der Waals surface area contributed by atoms with Crippen molar-refractivity contribution >= 4 is 5.91 Å². The van der Waals surface area contributed by atoms with E-state index in [9.17, 15) is 15.0 Å². The van der Waals surface area contributed by atoms with Gasteiger partial charge in [-0.15, -0.1) is 0 Å². The quantitative estimate of drug-likeness (QED) is 0.884. The maximum atomic E-state index is 12.9. The molecule has 1 unspecified atom stereocenters. The second kappa shape index (κ2) is 6.89. The van der Waals surface area contributed by atoms with Gasteiger partial charge in [-0.3, -0.25) is 4.79 Å². The van der Waals surface area contributed by atoms with Crippen molar-refractivity contribution in [1.29, 1.82) is 0 Å². The molecule has 23 heavy (non-hydrogen) atoms. The molecule has 1 aromatic rings. The highest BCUT2D eigenvalue weighted by molar-refractivity contribution is 5.83. The molecule has 1 atom stereocenters. The largest absolute Gasteiger partial charge is 0.508 e. The van der Waals surface area contributed by atoms with Crippen molar-refractivity contribution in [2.24, 2.45) is 11.3 Å². The van der Waals surface area contributed by atoms with Crippen molar-refractivity contribution in [2.75, 3.05) is 32.9 Å². The molecule has 0 saturated carbocycles. The number of benzene rings is 1. The number of carbonyl (C=O) groups excluding carboxylic acids is 1. The standard InChI is InChI=1S/C18H25NO4/c20-13-18(5-8-23-9-6-18)17(22)19-7-4-15(12-19)10-14-2-1-3-16(21)11-14/h1-3,11,15,20-21H,4-10,12-13H2. The zero-order valence-electron chi connectivity index (χ0n) is 13.4. The third-order valence-corrected chi connectivity index (χ3v) is 5.21. The van der Waals surface area contributed by atoms with E-state index in [4.69, 9.17) is 4.74 Å². The van der Waals surface area contributed by atoms with E-state index < -0.39 is 5.41 Å². The fraction of sp³-hybridized carbons (Fsp3) is 0.611. The van der Waals surface area contributed by atoms with Crippen LogP contribution in [0.15, 0.2) is 24.3 Å². The van der Waals surface area contributed by atoms with Gasteiger partial charge >= 0.3 is 0 Å². The van der Waals surface area contributed by atoms with Crippen molar-refractivity contribution in [3.63, 3.8) is 0 Å². The second-order valence-electron chi connectivity index (χ2n) is 6.83. The highest BCUT2D eigenvalue weighted by Gasteiger charge is 2.43. The number of aliphatic hydroxyl groups excluding tert-OH is 1. The maximum Gasteiger partial charge on any atom is 0.231 e. The number of hydrogen-bond donors (Lipinski definition) is 2. The zero-order chi connectivity index (χ0) is 16.3.